The van der Waals surface area contributed by atoms with Crippen LogP contribution in [0.1, 0.15) is 22.8 Å². The monoisotopic (exact) mass is 325 g/mol. The Morgan fingerprint density at radius 3 is 2.58 bits per heavy atom. The molecule has 1 aliphatic heterocycles. The van der Waals surface area contributed by atoms with Crippen LogP contribution in [-0.2, 0) is 6.42 Å². The summed E-state index contributed by atoms with van der Waals surface area (Å²) in [5.74, 6) is 1.65. The Morgan fingerprint density at radius 2 is 1.96 bits per heavy atom. The molecule has 126 valence electrons. The number of rotatable bonds is 4. The lowest BCUT2D eigenvalue weighted by molar-refractivity contribution is 0.0743. The average Bonchev–Trinajstić information content (AvgIpc) is 2.67. The highest BCUT2D eigenvalue weighted by Crippen LogP contribution is 2.23. The zero-order chi connectivity index (χ0) is 16.9. The minimum atomic E-state index is 0.0443. The molecular formula is C19H23N3O2. The van der Waals surface area contributed by atoms with Crippen LogP contribution in [0.3, 0.4) is 0 Å². The summed E-state index contributed by atoms with van der Waals surface area (Å²) in [6.45, 7) is 5.04. The molecule has 5 nitrogen and oxygen atoms in total. The second kappa shape index (κ2) is 7.34. The van der Waals surface area contributed by atoms with Gasteiger partial charge in [-0.2, -0.15) is 0 Å². The van der Waals surface area contributed by atoms with E-state index >= 15 is 0 Å². The first kappa shape index (κ1) is 16.3. The van der Waals surface area contributed by atoms with E-state index in [0.717, 1.165) is 30.9 Å². The molecule has 1 fully saturated rings. The van der Waals surface area contributed by atoms with E-state index in [0.29, 0.717) is 24.4 Å². The van der Waals surface area contributed by atoms with Gasteiger partial charge in [0.15, 0.2) is 0 Å². The number of amides is 1. The van der Waals surface area contributed by atoms with Crippen molar-refractivity contribution >= 4 is 11.7 Å². The fraction of sp³-hybridized carbons (Fsp3) is 0.368. The van der Waals surface area contributed by atoms with E-state index in [1.807, 2.05) is 41.3 Å². The lowest BCUT2D eigenvalue weighted by Crippen LogP contribution is -2.49. The van der Waals surface area contributed by atoms with E-state index in [2.05, 4.69) is 16.8 Å². The molecule has 2 aromatic rings. The van der Waals surface area contributed by atoms with Crippen LogP contribution in [0.4, 0.5) is 5.82 Å². The van der Waals surface area contributed by atoms with E-state index in [4.69, 9.17) is 4.74 Å². The maximum absolute atomic E-state index is 12.9. The van der Waals surface area contributed by atoms with Crippen LogP contribution < -0.4 is 9.64 Å². The van der Waals surface area contributed by atoms with E-state index in [1.165, 1.54) is 0 Å². The molecule has 0 unspecified atom stereocenters. The van der Waals surface area contributed by atoms with Gasteiger partial charge in [0.05, 0.1) is 12.7 Å². The molecule has 0 radical (unpaired) electrons. The van der Waals surface area contributed by atoms with Gasteiger partial charge >= 0.3 is 0 Å². The third kappa shape index (κ3) is 3.35. The zero-order valence-electron chi connectivity index (χ0n) is 14.2. The minimum Gasteiger partial charge on any atom is -0.496 e. The number of pyridine rings is 1. The Hall–Kier alpha value is -2.56. The number of hydrogen-bond donors (Lipinski definition) is 0. The fourth-order valence-corrected chi connectivity index (χ4v) is 2.99. The van der Waals surface area contributed by atoms with Crippen LogP contribution in [0.5, 0.6) is 5.75 Å². The summed E-state index contributed by atoms with van der Waals surface area (Å²) in [7, 11) is 1.61. The van der Waals surface area contributed by atoms with Crippen molar-refractivity contribution in [1.82, 2.24) is 9.88 Å². The highest BCUT2D eigenvalue weighted by atomic mass is 16.5. The Labute approximate surface area is 142 Å². The fourth-order valence-electron chi connectivity index (χ4n) is 2.99. The third-order valence-electron chi connectivity index (χ3n) is 4.44. The van der Waals surface area contributed by atoms with Gasteiger partial charge in [-0.1, -0.05) is 19.1 Å². The number of carbonyl (C=O) groups is 1. The smallest absolute Gasteiger partial charge is 0.257 e. The largest absolute Gasteiger partial charge is 0.496 e. The Morgan fingerprint density at radius 1 is 1.17 bits per heavy atom. The predicted molar refractivity (Wildman–Crippen MR) is 94.7 cm³/mol. The van der Waals surface area contributed by atoms with Crippen LogP contribution in [0.2, 0.25) is 0 Å². The normalized spacial score (nSPS) is 14.6. The van der Waals surface area contributed by atoms with Gasteiger partial charge in [-0.05, 0) is 36.2 Å². The second-order valence-electron chi connectivity index (χ2n) is 5.86. The molecule has 0 saturated carbocycles. The van der Waals surface area contributed by atoms with Gasteiger partial charge in [-0.25, -0.2) is 4.98 Å². The molecule has 0 aliphatic carbocycles. The average molecular weight is 325 g/mol. The first-order chi connectivity index (χ1) is 11.7. The molecule has 1 aromatic heterocycles. The number of benzene rings is 1. The molecule has 0 N–H and O–H groups in total. The standard InChI is InChI=1S/C19H23N3O2/c1-3-15-7-8-17(24-2)16(14-15)19(23)22-12-10-21(11-13-22)18-6-4-5-9-20-18/h4-9,14H,3,10-13H2,1-2H3. The van der Waals surface area contributed by atoms with Gasteiger partial charge in [0.1, 0.15) is 11.6 Å². The summed E-state index contributed by atoms with van der Waals surface area (Å²) in [6, 6.07) is 11.7. The van der Waals surface area contributed by atoms with Gasteiger partial charge < -0.3 is 14.5 Å². The van der Waals surface area contributed by atoms with Crippen LogP contribution in [0.15, 0.2) is 42.6 Å². The SMILES string of the molecule is CCc1ccc(OC)c(C(=O)N2CCN(c3ccccn3)CC2)c1. The van der Waals surface area contributed by atoms with Crippen molar-refractivity contribution in [3.63, 3.8) is 0 Å². The summed E-state index contributed by atoms with van der Waals surface area (Å²) in [4.78, 5) is 21.4. The van der Waals surface area contributed by atoms with Crippen LogP contribution in [-0.4, -0.2) is 49.1 Å². The molecule has 0 atom stereocenters. The molecule has 5 heteroatoms. The molecule has 0 spiro atoms. The van der Waals surface area contributed by atoms with Gasteiger partial charge in [-0.3, -0.25) is 4.79 Å². The molecular weight excluding hydrogens is 302 g/mol. The number of nitrogens with zero attached hydrogens (tertiary/aromatic N) is 3. The number of aryl methyl sites for hydroxylation is 1. The Balaban J connectivity index is 1.71. The van der Waals surface area contributed by atoms with E-state index < -0.39 is 0 Å². The molecule has 1 aliphatic rings. The summed E-state index contributed by atoms with van der Waals surface area (Å²) < 4.78 is 5.38. The highest BCUT2D eigenvalue weighted by Gasteiger charge is 2.24. The maximum Gasteiger partial charge on any atom is 0.257 e. The quantitative estimate of drug-likeness (QED) is 0.867. The minimum absolute atomic E-state index is 0.0443. The number of aromatic nitrogens is 1. The maximum atomic E-state index is 12.9. The molecule has 3 rings (SSSR count). The topological polar surface area (TPSA) is 45.7 Å². The highest BCUT2D eigenvalue weighted by molar-refractivity contribution is 5.97. The summed E-state index contributed by atoms with van der Waals surface area (Å²) in [5, 5.41) is 0. The molecule has 24 heavy (non-hydrogen) atoms. The number of anilines is 1. The zero-order valence-corrected chi connectivity index (χ0v) is 14.2. The van der Waals surface area contributed by atoms with Crippen molar-refractivity contribution in [2.75, 3.05) is 38.2 Å². The van der Waals surface area contributed by atoms with Gasteiger partial charge in [0.2, 0.25) is 0 Å². The number of ether oxygens (including phenoxy) is 1. The van der Waals surface area contributed by atoms with Gasteiger partial charge in [0.25, 0.3) is 5.91 Å². The molecule has 2 heterocycles. The van der Waals surface area contributed by atoms with Crippen molar-refractivity contribution in [2.45, 2.75) is 13.3 Å². The summed E-state index contributed by atoms with van der Waals surface area (Å²) >= 11 is 0. The van der Waals surface area contributed by atoms with E-state index in [-0.39, 0.29) is 5.91 Å². The van der Waals surface area contributed by atoms with Crippen molar-refractivity contribution in [3.8, 4) is 5.75 Å². The lowest BCUT2D eigenvalue weighted by atomic mass is 10.1. The number of hydrogen-bond acceptors (Lipinski definition) is 4. The molecule has 1 aromatic carbocycles. The van der Waals surface area contributed by atoms with Crippen molar-refractivity contribution < 1.29 is 9.53 Å². The summed E-state index contributed by atoms with van der Waals surface area (Å²) in [6.07, 6.45) is 2.70. The summed E-state index contributed by atoms with van der Waals surface area (Å²) in [5.41, 5.74) is 1.80. The number of carbonyl (C=O) groups excluding carboxylic acids is 1. The van der Waals surface area contributed by atoms with E-state index in [1.54, 1.807) is 13.3 Å². The van der Waals surface area contributed by atoms with Crippen molar-refractivity contribution in [2.24, 2.45) is 0 Å². The number of methoxy groups -OCH3 is 1. The van der Waals surface area contributed by atoms with Crippen LogP contribution in [0.25, 0.3) is 0 Å². The molecule has 1 amide bonds. The second-order valence-corrected chi connectivity index (χ2v) is 5.86. The van der Waals surface area contributed by atoms with Crippen molar-refractivity contribution in [3.05, 3.63) is 53.7 Å². The third-order valence-corrected chi connectivity index (χ3v) is 4.44. The molecule has 0 bridgehead atoms. The van der Waals surface area contributed by atoms with Crippen molar-refractivity contribution in [1.29, 1.82) is 0 Å². The van der Waals surface area contributed by atoms with Gasteiger partial charge in [-0.15, -0.1) is 0 Å². The van der Waals surface area contributed by atoms with E-state index in [9.17, 15) is 4.79 Å². The first-order valence-electron chi connectivity index (χ1n) is 8.35. The first-order valence-corrected chi connectivity index (χ1v) is 8.35. The number of piperazine rings is 1. The Kier molecular flexibility index (Phi) is 4.99. The van der Waals surface area contributed by atoms with Gasteiger partial charge in [0, 0.05) is 32.4 Å². The van der Waals surface area contributed by atoms with Crippen LogP contribution in [0, 0.1) is 0 Å². The Bertz CT molecular complexity index is 695. The lowest BCUT2D eigenvalue weighted by Gasteiger charge is -2.35. The molecule has 1 saturated heterocycles. The predicted octanol–water partition coefficient (Wildman–Crippen LogP) is 2.62. The van der Waals surface area contributed by atoms with Crippen LogP contribution >= 0.6 is 0 Å².